The third kappa shape index (κ3) is 3.54. The normalized spacial score (nSPS) is 13.4. The van der Waals surface area contributed by atoms with E-state index in [0.29, 0.717) is 6.04 Å². The van der Waals surface area contributed by atoms with E-state index in [0.717, 1.165) is 24.6 Å². The van der Waals surface area contributed by atoms with Crippen LogP contribution in [0.2, 0.25) is 0 Å². The van der Waals surface area contributed by atoms with Gasteiger partial charge >= 0.3 is 0 Å². The van der Waals surface area contributed by atoms with Gasteiger partial charge in [-0.25, -0.2) is 0 Å². The van der Waals surface area contributed by atoms with Crippen molar-refractivity contribution in [3.63, 3.8) is 0 Å². The lowest BCUT2D eigenvalue weighted by atomic mass is 10.0. The number of rotatable bonds is 6. The Morgan fingerprint density at radius 2 is 2.14 bits per heavy atom. The van der Waals surface area contributed by atoms with Crippen LogP contribution in [0.15, 0.2) is 22.8 Å². The van der Waals surface area contributed by atoms with Crippen LogP contribution in [0.3, 0.4) is 0 Å². The second kappa shape index (κ2) is 5.86. The SMILES string of the molecule is CCNC(CCC(C)C)c1ccco1. The van der Waals surface area contributed by atoms with Crippen LogP contribution in [0.1, 0.15) is 45.4 Å². The lowest BCUT2D eigenvalue weighted by Crippen LogP contribution is -2.20. The van der Waals surface area contributed by atoms with Gasteiger partial charge in [0.2, 0.25) is 0 Å². The first-order valence-corrected chi connectivity index (χ1v) is 5.50. The summed E-state index contributed by atoms with van der Waals surface area (Å²) in [6.45, 7) is 7.63. The molecule has 1 aromatic rings. The van der Waals surface area contributed by atoms with E-state index in [1.807, 2.05) is 12.1 Å². The van der Waals surface area contributed by atoms with Crippen LogP contribution in [0.4, 0.5) is 0 Å². The predicted octanol–water partition coefficient (Wildman–Crippen LogP) is 3.37. The van der Waals surface area contributed by atoms with Crippen molar-refractivity contribution in [3.8, 4) is 0 Å². The lowest BCUT2D eigenvalue weighted by Gasteiger charge is -2.16. The first kappa shape index (κ1) is 11.3. The van der Waals surface area contributed by atoms with Crippen LogP contribution >= 0.6 is 0 Å². The van der Waals surface area contributed by atoms with E-state index < -0.39 is 0 Å². The van der Waals surface area contributed by atoms with E-state index in [9.17, 15) is 0 Å². The molecule has 0 saturated carbocycles. The van der Waals surface area contributed by atoms with Gasteiger partial charge in [0.25, 0.3) is 0 Å². The molecule has 0 amide bonds. The largest absolute Gasteiger partial charge is 0.468 e. The van der Waals surface area contributed by atoms with E-state index in [1.165, 1.54) is 6.42 Å². The quantitative estimate of drug-likeness (QED) is 0.753. The summed E-state index contributed by atoms with van der Waals surface area (Å²) in [7, 11) is 0. The molecule has 0 aliphatic rings. The Kier molecular flexibility index (Phi) is 4.74. The molecule has 0 radical (unpaired) electrons. The molecule has 1 atom stereocenters. The molecule has 1 aromatic heterocycles. The Morgan fingerprint density at radius 3 is 2.64 bits per heavy atom. The molecule has 0 bridgehead atoms. The average molecular weight is 195 g/mol. The number of hydrogen-bond acceptors (Lipinski definition) is 2. The van der Waals surface area contributed by atoms with Gasteiger partial charge < -0.3 is 9.73 Å². The van der Waals surface area contributed by atoms with Crippen molar-refractivity contribution in [2.75, 3.05) is 6.54 Å². The zero-order valence-electron chi connectivity index (χ0n) is 9.42. The minimum Gasteiger partial charge on any atom is -0.468 e. The van der Waals surface area contributed by atoms with Crippen molar-refractivity contribution in [1.82, 2.24) is 5.32 Å². The Hall–Kier alpha value is -0.760. The average Bonchev–Trinajstić information content (AvgIpc) is 2.64. The Morgan fingerprint density at radius 1 is 1.36 bits per heavy atom. The molecule has 1 unspecified atom stereocenters. The molecule has 0 saturated heterocycles. The summed E-state index contributed by atoms with van der Waals surface area (Å²) >= 11 is 0. The zero-order chi connectivity index (χ0) is 10.4. The summed E-state index contributed by atoms with van der Waals surface area (Å²) in [5, 5.41) is 3.45. The van der Waals surface area contributed by atoms with E-state index in [2.05, 4.69) is 26.1 Å². The fourth-order valence-corrected chi connectivity index (χ4v) is 1.58. The molecular weight excluding hydrogens is 174 g/mol. The van der Waals surface area contributed by atoms with Crippen molar-refractivity contribution in [2.24, 2.45) is 5.92 Å². The minimum absolute atomic E-state index is 0.386. The van der Waals surface area contributed by atoms with Crippen molar-refractivity contribution in [2.45, 2.75) is 39.7 Å². The predicted molar refractivity (Wildman–Crippen MR) is 59.2 cm³/mol. The molecule has 0 fully saturated rings. The molecule has 1 rings (SSSR count). The number of hydrogen-bond donors (Lipinski definition) is 1. The highest BCUT2D eigenvalue weighted by molar-refractivity contribution is 5.04. The Bertz CT molecular complexity index is 228. The van der Waals surface area contributed by atoms with Gasteiger partial charge in [-0.3, -0.25) is 0 Å². The van der Waals surface area contributed by atoms with Crippen LogP contribution in [-0.4, -0.2) is 6.54 Å². The summed E-state index contributed by atoms with van der Waals surface area (Å²) in [5.41, 5.74) is 0. The fraction of sp³-hybridized carbons (Fsp3) is 0.667. The maximum absolute atomic E-state index is 5.42. The molecule has 1 heterocycles. The minimum atomic E-state index is 0.386. The topological polar surface area (TPSA) is 25.2 Å². The molecule has 0 spiro atoms. The van der Waals surface area contributed by atoms with Gasteiger partial charge in [-0.05, 0) is 37.4 Å². The maximum Gasteiger partial charge on any atom is 0.120 e. The second-order valence-corrected chi connectivity index (χ2v) is 4.10. The molecule has 2 heteroatoms. The Labute approximate surface area is 86.7 Å². The molecule has 0 aromatic carbocycles. The molecule has 0 aliphatic carbocycles. The summed E-state index contributed by atoms with van der Waals surface area (Å²) in [4.78, 5) is 0. The van der Waals surface area contributed by atoms with Crippen LogP contribution in [-0.2, 0) is 0 Å². The van der Waals surface area contributed by atoms with Gasteiger partial charge in [0.05, 0.1) is 12.3 Å². The monoisotopic (exact) mass is 195 g/mol. The van der Waals surface area contributed by atoms with Crippen LogP contribution in [0.25, 0.3) is 0 Å². The van der Waals surface area contributed by atoms with E-state index in [4.69, 9.17) is 4.42 Å². The highest BCUT2D eigenvalue weighted by Gasteiger charge is 2.12. The van der Waals surface area contributed by atoms with Crippen molar-refractivity contribution >= 4 is 0 Å². The first-order valence-electron chi connectivity index (χ1n) is 5.50. The third-order valence-electron chi connectivity index (χ3n) is 2.37. The van der Waals surface area contributed by atoms with Crippen molar-refractivity contribution < 1.29 is 4.42 Å². The second-order valence-electron chi connectivity index (χ2n) is 4.10. The summed E-state index contributed by atoms with van der Waals surface area (Å²) in [6.07, 6.45) is 4.13. The van der Waals surface area contributed by atoms with Crippen LogP contribution < -0.4 is 5.32 Å². The van der Waals surface area contributed by atoms with Crippen LogP contribution in [0, 0.1) is 5.92 Å². The van der Waals surface area contributed by atoms with E-state index in [1.54, 1.807) is 6.26 Å². The molecular formula is C12H21NO. The maximum atomic E-state index is 5.42. The van der Waals surface area contributed by atoms with Gasteiger partial charge in [0.15, 0.2) is 0 Å². The Balaban J connectivity index is 2.47. The zero-order valence-corrected chi connectivity index (χ0v) is 9.42. The summed E-state index contributed by atoms with van der Waals surface area (Å²) in [5.74, 6) is 1.82. The highest BCUT2D eigenvalue weighted by atomic mass is 16.3. The van der Waals surface area contributed by atoms with E-state index in [-0.39, 0.29) is 0 Å². The fourth-order valence-electron chi connectivity index (χ4n) is 1.58. The van der Waals surface area contributed by atoms with Gasteiger partial charge in [0.1, 0.15) is 5.76 Å². The molecule has 80 valence electrons. The van der Waals surface area contributed by atoms with Crippen molar-refractivity contribution in [3.05, 3.63) is 24.2 Å². The smallest absolute Gasteiger partial charge is 0.120 e. The standard InChI is InChI=1S/C12H21NO/c1-4-13-11(8-7-10(2)3)12-6-5-9-14-12/h5-6,9-11,13H,4,7-8H2,1-3H3. The van der Waals surface area contributed by atoms with Crippen molar-refractivity contribution in [1.29, 1.82) is 0 Å². The van der Waals surface area contributed by atoms with Crippen LogP contribution in [0.5, 0.6) is 0 Å². The molecule has 0 aliphatic heterocycles. The number of furan rings is 1. The molecule has 1 N–H and O–H groups in total. The van der Waals surface area contributed by atoms with Gasteiger partial charge in [0, 0.05) is 0 Å². The molecule has 14 heavy (non-hydrogen) atoms. The first-order chi connectivity index (χ1) is 6.74. The van der Waals surface area contributed by atoms with Gasteiger partial charge in [-0.15, -0.1) is 0 Å². The highest BCUT2D eigenvalue weighted by Crippen LogP contribution is 2.21. The summed E-state index contributed by atoms with van der Waals surface area (Å²) < 4.78 is 5.42. The third-order valence-corrected chi connectivity index (χ3v) is 2.37. The molecule has 2 nitrogen and oxygen atoms in total. The summed E-state index contributed by atoms with van der Waals surface area (Å²) in [6, 6.07) is 4.39. The lowest BCUT2D eigenvalue weighted by molar-refractivity contribution is 0.376. The van der Waals surface area contributed by atoms with Gasteiger partial charge in [-0.2, -0.15) is 0 Å². The number of nitrogens with one attached hydrogen (secondary N) is 1. The van der Waals surface area contributed by atoms with Gasteiger partial charge in [-0.1, -0.05) is 20.8 Å². The van der Waals surface area contributed by atoms with E-state index >= 15 is 0 Å².